The number of fused-ring (bicyclic) bond motifs is 1. The molecule has 1 unspecified atom stereocenters. The van der Waals surface area contributed by atoms with Gasteiger partial charge in [0.05, 0.1) is 9.80 Å². The SMILES string of the molecule is C=CC1=C(C=C)[S+](c2ccc(CCO)cc2)c2ccccc2S1. The molecule has 0 amide bonds. The molecule has 0 saturated carbocycles. The predicted molar refractivity (Wildman–Crippen MR) is 101 cm³/mol. The minimum Gasteiger partial charge on any atom is -0.396 e. The third-order valence-corrected chi connectivity index (χ3v) is 7.49. The van der Waals surface area contributed by atoms with Gasteiger partial charge >= 0.3 is 0 Å². The van der Waals surface area contributed by atoms with Crippen molar-refractivity contribution in [3.8, 4) is 0 Å². The summed E-state index contributed by atoms with van der Waals surface area (Å²) in [6.45, 7) is 8.19. The zero-order chi connectivity index (χ0) is 16.2. The van der Waals surface area contributed by atoms with Crippen molar-refractivity contribution in [3.63, 3.8) is 0 Å². The summed E-state index contributed by atoms with van der Waals surface area (Å²) in [6.07, 6.45) is 4.59. The fourth-order valence-electron chi connectivity index (χ4n) is 2.59. The van der Waals surface area contributed by atoms with Gasteiger partial charge in [0.1, 0.15) is 10.9 Å². The van der Waals surface area contributed by atoms with Crippen LogP contribution in [0.25, 0.3) is 0 Å². The van der Waals surface area contributed by atoms with Crippen molar-refractivity contribution in [2.24, 2.45) is 0 Å². The molecule has 0 aliphatic carbocycles. The van der Waals surface area contributed by atoms with Crippen molar-refractivity contribution in [1.29, 1.82) is 0 Å². The van der Waals surface area contributed by atoms with Gasteiger partial charge in [0.15, 0.2) is 14.7 Å². The molecule has 0 spiro atoms. The molecule has 23 heavy (non-hydrogen) atoms. The smallest absolute Gasteiger partial charge is 0.180 e. The maximum absolute atomic E-state index is 9.08. The van der Waals surface area contributed by atoms with Crippen LogP contribution in [-0.4, -0.2) is 11.7 Å². The lowest BCUT2D eigenvalue weighted by Crippen LogP contribution is -2.12. The molecule has 1 aliphatic rings. The molecule has 1 atom stereocenters. The number of rotatable bonds is 5. The van der Waals surface area contributed by atoms with Crippen molar-refractivity contribution in [1.82, 2.24) is 0 Å². The first-order chi connectivity index (χ1) is 11.3. The van der Waals surface area contributed by atoms with Gasteiger partial charge in [-0.2, -0.15) is 0 Å². The van der Waals surface area contributed by atoms with E-state index in [0.29, 0.717) is 6.42 Å². The van der Waals surface area contributed by atoms with E-state index in [9.17, 15) is 0 Å². The van der Waals surface area contributed by atoms with E-state index in [-0.39, 0.29) is 17.5 Å². The highest BCUT2D eigenvalue weighted by atomic mass is 32.2. The van der Waals surface area contributed by atoms with E-state index in [4.69, 9.17) is 5.11 Å². The minimum atomic E-state index is -0.156. The lowest BCUT2D eigenvalue weighted by atomic mass is 10.2. The third kappa shape index (κ3) is 3.18. The van der Waals surface area contributed by atoms with Crippen molar-refractivity contribution in [2.45, 2.75) is 21.1 Å². The molecule has 0 saturated heterocycles. The number of allylic oxidation sites excluding steroid dienone is 2. The van der Waals surface area contributed by atoms with E-state index in [1.165, 1.54) is 24.5 Å². The molecule has 2 aromatic carbocycles. The Bertz CT molecular complexity index is 759. The molecule has 1 nitrogen and oxygen atoms in total. The normalized spacial score (nSPS) is 16.8. The van der Waals surface area contributed by atoms with E-state index in [1.54, 1.807) is 11.8 Å². The Morgan fingerprint density at radius 2 is 1.74 bits per heavy atom. The first-order valence-electron chi connectivity index (χ1n) is 7.48. The highest BCUT2D eigenvalue weighted by molar-refractivity contribution is 8.08. The quantitative estimate of drug-likeness (QED) is 0.778. The zero-order valence-corrected chi connectivity index (χ0v) is 14.5. The van der Waals surface area contributed by atoms with Crippen LogP contribution < -0.4 is 0 Å². The summed E-state index contributed by atoms with van der Waals surface area (Å²) in [5.41, 5.74) is 1.16. The topological polar surface area (TPSA) is 20.2 Å². The molecule has 116 valence electrons. The number of aliphatic hydroxyl groups excluding tert-OH is 1. The summed E-state index contributed by atoms with van der Waals surface area (Å²) in [6, 6.07) is 17.1. The molecule has 0 aromatic heterocycles. The average molecular weight is 340 g/mol. The fraction of sp³-hybridized carbons (Fsp3) is 0.100. The predicted octanol–water partition coefficient (Wildman–Crippen LogP) is 4.95. The second kappa shape index (κ2) is 7.26. The molecule has 0 radical (unpaired) electrons. The summed E-state index contributed by atoms with van der Waals surface area (Å²) < 4.78 is 0. The number of benzene rings is 2. The number of aliphatic hydroxyl groups is 1. The van der Waals surface area contributed by atoms with Crippen LogP contribution >= 0.6 is 11.8 Å². The summed E-state index contributed by atoms with van der Waals surface area (Å²) in [7, 11) is -0.156. The summed E-state index contributed by atoms with van der Waals surface area (Å²) in [4.78, 5) is 6.32. The third-order valence-electron chi connectivity index (χ3n) is 3.68. The van der Waals surface area contributed by atoms with Gasteiger partial charge in [0, 0.05) is 6.61 Å². The molecule has 1 heterocycles. The second-order valence-electron chi connectivity index (χ2n) is 5.11. The molecule has 0 bridgehead atoms. The van der Waals surface area contributed by atoms with E-state index < -0.39 is 0 Å². The maximum Gasteiger partial charge on any atom is 0.180 e. The van der Waals surface area contributed by atoms with Crippen molar-refractivity contribution < 1.29 is 5.11 Å². The van der Waals surface area contributed by atoms with Gasteiger partial charge in [-0.25, -0.2) is 0 Å². The standard InChI is InChI=1S/C20H19OS2/c1-3-17-19(4-2)23(20-8-6-5-7-18(20)22-17)16-11-9-15(10-12-16)13-14-21/h3-12,21H,1-2,13-14H2/q+1. The molecular weight excluding hydrogens is 320 g/mol. The summed E-state index contributed by atoms with van der Waals surface area (Å²) in [5.74, 6) is 0. The molecule has 0 fully saturated rings. The minimum absolute atomic E-state index is 0.156. The van der Waals surface area contributed by atoms with Gasteiger partial charge < -0.3 is 5.11 Å². The van der Waals surface area contributed by atoms with Gasteiger partial charge in [-0.15, -0.1) is 0 Å². The van der Waals surface area contributed by atoms with Crippen molar-refractivity contribution in [3.05, 3.63) is 89.2 Å². The van der Waals surface area contributed by atoms with Crippen molar-refractivity contribution in [2.75, 3.05) is 6.61 Å². The van der Waals surface area contributed by atoms with Crippen LogP contribution in [0.3, 0.4) is 0 Å². The Morgan fingerprint density at radius 3 is 2.39 bits per heavy atom. The van der Waals surface area contributed by atoms with Crippen LogP contribution in [-0.2, 0) is 17.3 Å². The molecule has 3 heteroatoms. The monoisotopic (exact) mass is 339 g/mol. The van der Waals surface area contributed by atoms with Crippen LogP contribution in [0.5, 0.6) is 0 Å². The van der Waals surface area contributed by atoms with Crippen LogP contribution in [0.1, 0.15) is 5.56 Å². The van der Waals surface area contributed by atoms with E-state index >= 15 is 0 Å². The van der Waals surface area contributed by atoms with Gasteiger partial charge in [-0.05, 0) is 42.3 Å². The number of hydrogen-bond acceptors (Lipinski definition) is 2. The zero-order valence-electron chi connectivity index (χ0n) is 12.9. The largest absolute Gasteiger partial charge is 0.396 e. The molecule has 1 N–H and O–H groups in total. The van der Waals surface area contributed by atoms with E-state index in [1.807, 2.05) is 12.2 Å². The van der Waals surface area contributed by atoms with Gasteiger partial charge in [-0.3, -0.25) is 0 Å². The average Bonchev–Trinajstić information content (AvgIpc) is 2.61. The summed E-state index contributed by atoms with van der Waals surface area (Å²) >= 11 is 1.76. The van der Waals surface area contributed by atoms with Crippen LogP contribution in [0.15, 0.2) is 98.3 Å². The second-order valence-corrected chi connectivity index (χ2v) is 8.16. The van der Waals surface area contributed by atoms with Gasteiger partial charge in [-0.1, -0.05) is 55.3 Å². The van der Waals surface area contributed by atoms with Crippen LogP contribution in [0.4, 0.5) is 0 Å². The summed E-state index contributed by atoms with van der Waals surface area (Å²) in [5, 5.41) is 9.08. The molecule has 2 aromatic rings. The Hall–Kier alpha value is -1.68. The van der Waals surface area contributed by atoms with Gasteiger partial charge in [0.25, 0.3) is 0 Å². The molecular formula is C20H19OS2+. The lowest BCUT2D eigenvalue weighted by molar-refractivity contribution is 0.299. The first-order valence-corrected chi connectivity index (χ1v) is 9.52. The van der Waals surface area contributed by atoms with E-state index in [0.717, 1.165) is 5.56 Å². The Morgan fingerprint density at radius 1 is 1.00 bits per heavy atom. The number of hydrogen-bond donors (Lipinski definition) is 1. The highest BCUT2D eigenvalue weighted by Crippen LogP contribution is 2.47. The maximum atomic E-state index is 9.08. The Labute approximate surface area is 144 Å². The number of thioether (sulfide) groups is 1. The van der Waals surface area contributed by atoms with Crippen LogP contribution in [0.2, 0.25) is 0 Å². The molecule has 3 rings (SSSR count). The van der Waals surface area contributed by atoms with Crippen molar-refractivity contribution >= 4 is 22.7 Å². The van der Waals surface area contributed by atoms with E-state index in [2.05, 4.69) is 61.7 Å². The highest BCUT2D eigenvalue weighted by Gasteiger charge is 2.37. The fourth-order valence-corrected chi connectivity index (χ4v) is 6.25. The van der Waals surface area contributed by atoms with Gasteiger partial charge in [0.2, 0.25) is 0 Å². The molecule has 1 aliphatic heterocycles. The van der Waals surface area contributed by atoms with Crippen LogP contribution in [0, 0.1) is 0 Å². The Kier molecular flexibility index (Phi) is 5.11. The lowest BCUT2D eigenvalue weighted by Gasteiger charge is -2.19. The Balaban J connectivity index is 2.11. The first kappa shape index (κ1) is 16.2.